The van der Waals surface area contributed by atoms with E-state index >= 15 is 0 Å². The minimum atomic E-state index is -0.839. The van der Waals surface area contributed by atoms with Crippen LogP contribution in [-0.4, -0.2) is 29.3 Å². The van der Waals surface area contributed by atoms with Gasteiger partial charge in [0.15, 0.2) is 5.78 Å². The molecule has 2 N–H and O–H groups in total. The van der Waals surface area contributed by atoms with Gasteiger partial charge in [-0.3, -0.25) is 14.4 Å². The highest BCUT2D eigenvalue weighted by Gasteiger charge is 2.39. The van der Waals surface area contributed by atoms with Gasteiger partial charge in [-0.25, -0.2) is 0 Å². The molecule has 6 heteroatoms. The number of hydrogen-bond donors (Lipinski definition) is 2. The zero-order valence-electron chi connectivity index (χ0n) is 12.0. The van der Waals surface area contributed by atoms with Gasteiger partial charge < -0.3 is 10.4 Å². The molecule has 0 bridgehead atoms. The Hall–Kier alpha value is -1.69. The molecule has 1 aliphatic carbocycles. The SMILES string of the molecule is CC(=O)c1csc(C(=O)NCC2(C(=O)O)CCCCC2)c1. The lowest BCUT2D eigenvalue weighted by atomic mass is 9.74. The fourth-order valence-corrected chi connectivity index (χ4v) is 3.53. The number of hydrogen-bond acceptors (Lipinski definition) is 4. The molecule has 1 saturated carbocycles. The van der Waals surface area contributed by atoms with E-state index in [1.165, 1.54) is 18.3 Å². The Morgan fingerprint density at radius 1 is 1.29 bits per heavy atom. The Morgan fingerprint density at radius 2 is 1.95 bits per heavy atom. The maximum atomic E-state index is 12.1. The second kappa shape index (κ2) is 6.39. The first-order valence-electron chi connectivity index (χ1n) is 7.06. The number of aliphatic carboxylic acids is 1. The number of carboxylic acids is 1. The molecule has 0 spiro atoms. The van der Waals surface area contributed by atoms with E-state index < -0.39 is 11.4 Å². The van der Waals surface area contributed by atoms with Crippen molar-refractivity contribution >= 4 is 29.0 Å². The molecule has 0 unspecified atom stereocenters. The van der Waals surface area contributed by atoms with Crippen LogP contribution in [0.3, 0.4) is 0 Å². The summed E-state index contributed by atoms with van der Waals surface area (Å²) in [5.41, 5.74) is -0.329. The molecule has 0 aromatic carbocycles. The Labute approximate surface area is 127 Å². The fourth-order valence-electron chi connectivity index (χ4n) is 2.67. The highest BCUT2D eigenvalue weighted by molar-refractivity contribution is 7.12. The number of carboxylic acid groups (broad SMARTS) is 1. The van der Waals surface area contributed by atoms with Gasteiger partial charge >= 0.3 is 5.97 Å². The van der Waals surface area contributed by atoms with E-state index in [0.29, 0.717) is 23.3 Å². The van der Waals surface area contributed by atoms with Gasteiger partial charge in [0.05, 0.1) is 10.3 Å². The Balaban J connectivity index is 2.01. The normalized spacial score (nSPS) is 17.2. The Bertz CT molecular complexity index is 558. The predicted octanol–water partition coefficient (Wildman–Crippen LogP) is 2.72. The minimum absolute atomic E-state index is 0.0837. The van der Waals surface area contributed by atoms with Crippen molar-refractivity contribution < 1.29 is 19.5 Å². The maximum absolute atomic E-state index is 12.1. The van der Waals surface area contributed by atoms with Crippen LogP contribution in [0.5, 0.6) is 0 Å². The molecule has 0 atom stereocenters. The van der Waals surface area contributed by atoms with Gasteiger partial charge in [0.1, 0.15) is 0 Å². The van der Waals surface area contributed by atoms with Crippen LogP contribution in [-0.2, 0) is 4.79 Å². The average Bonchev–Trinajstić information content (AvgIpc) is 2.95. The largest absolute Gasteiger partial charge is 0.481 e. The van der Waals surface area contributed by atoms with Crippen LogP contribution in [0.15, 0.2) is 11.4 Å². The van der Waals surface area contributed by atoms with Crippen LogP contribution in [0.25, 0.3) is 0 Å². The first-order valence-corrected chi connectivity index (χ1v) is 7.94. The lowest BCUT2D eigenvalue weighted by Gasteiger charge is -2.33. The maximum Gasteiger partial charge on any atom is 0.311 e. The molecule has 0 saturated heterocycles. The number of nitrogens with one attached hydrogen (secondary N) is 1. The third-order valence-corrected chi connectivity index (χ3v) is 5.01. The number of rotatable bonds is 5. The van der Waals surface area contributed by atoms with Crippen molar-refractivity contribution in [1.82, 2.24) is 5.32 Å². The molecule has 114 valence electrons. The molecule has 1 amide bonds. The summed E-state index contributed by atoms with van der Waals surface area (Å²) in [5, 5.41) is 13.8. The van der Waals surface area contributed by atoms with E-state index in [4.69, 9.17) is 0 Å². The summed E-state index contributed by atoms with van der Waals surface area (Å²) >= 11 is 1.20. The van der Waals surface area contributed by atoms with Gasteiger partial charge in [0, 0.05) is 17.5 Å². The Morgan fingerprint density at radius 3 is 2.48 bits per heavy atom. The van der Waals surface area contributed by atoms with E-state index in [1.54, 1.807) is 11.4 Å². The Kier molecular flexibility index (Phi) is 4.77. The quantitative estimate of drug-likeness (QED) is 0.819. The molecule has 1 fully saturated rings. The van der Waals surface area contributed by atoms with E-state index in [-0.39, 0.29) is 18.2 Å². The van der Waals surface area contributed by atoms with E-state index in [0.717, 1.165) is 19.3 Å². The standard InChI is InChI=1S/C15H19NO4S/c1-10(17)11-7-12(21-8-11)13(18)16-9-15(14(19)20)5-3-2-4-6-15/h7-8H,2-6,9H2,1H3,(H,16,18)(H,19,20). The van der Waals surface area contributed by atoms with Crippen LogP contribution in [0.4, 0.5) is 0 Å². The number of ketones is 1. The molecule has 0 aliphatic heterocycles. The third kappa shape index (κ3) is 3.50. The number of thiophene rings is 1. The summed E-state index contributed by atoms with van der Waals surface area (Å²) in [7, 11) is 0. The van der Waals surface area contributed by atoms with Crippen molar-refractivity contribution in [2.24, 2.45) is 5.41 Å². The van der Waals surface area contributed by atoms with E-state index in [9.17, 15) is 19.5 Å². The number of carbonyl (C=O) groups is 3. The van der Waals surface area contributed by atoms with E-state index in [2.05, 4.69) is 5.32 Å². The van der Waals surface area contributed by atoms with Crippen molar-refractivity contribution in [2.45, 2.75) is 39.0 Å². The van der Waals surface area contributed by atoms with Crippen molar-refractivity contribution in [3.05, 3.63) is 21.9 Å². The van der Waals surface area contributed by atoms with Crippen LogP contribution < -0.4 is 5.32 Å². The molecular formula is C15H19NO4S. The van der Waals surface area contributed by atoms with E-state index in [1.807, 2.05) is 0 Å². The first kappa shape index (κ1) is 15.7. The molecule has 1 heterocycles. The second-order valence-electron chi connectivity index (χ2n) is 5.58. The average molecular weight is 309 g/mol. The summed E-state index contributed by atoms with van der Waals surface area (Å²) in [6.07, 6.45) is 4.03. The number of Topliss-reactive ketones (excluding diaryl/α,β-unsaturated/α-hetero) is 1. The molecule has 1 aromatic rings. The monoisotopic (exact) mass is 309 g/mol. The molecule has 0 radical (unpaired) electrons. The highest BCUT2D eigenvalue weighted by atomic mass is 32.1. The van der Waals surface area contributed by atoms with Crippen molar-refractivity contribution in [2.75, 3.05) is 6.54 Å². The zero-order valence-corrected chi connectivity index (χ0v) is 12.8. The lowest BCUT2D eigenvalue weighted by Crippen LogP contribution is -2.44. The topological polar surface area (TPSA) is 83.5 Å². The van der Waals surface area contributed by atoms with Crippen LogP contribution in [0.2, 0.25) is 0 Å². The number of amides is 1. The van der Waals surface area contributed by atoms with Gasteiger partial charge in [-0.15, -0.1) is 11.3 Å². The van der Waals surface area contributed by atoms with Gasteiger partial charge in [-0.1, -0.05) is 19.3 Å². The second-order valence-corrected chi connectivity index (χ2v) is 6.50. The summed E-state index contributed by atoms with van der Waals surface area (Å²) in [4.78, 5) is 35.3. The predicted molar refractivity (Wildman–Crippen MR) is 79.8 cm³/mol. The molecule has 2 rings (SSSR count). The van der Waals surface area contributed by atoms with Crippen molar-refractivity contribution in [1.29, 1.82) is 0 Å². The highest BCUT2D eigenvalue weighted by Crippen LogP contribution is 2.36. The van der Waals surface area contributed by atoms with Gasteiger partial charge in [-0.2, -0.15) is 0 Å². The summed E-state index contributed by atoms with van der Waals surface area (Å²) in [5.74, 6) is -1.23. The fraction of sp³-hybridized carbons (Fsp3) is 0.533. The minimum Gasteiger partial charge on any atom is -0.481 e. The summed E-state index contributed by atoms with van der Waals surface area (Å²) in [6.45, 7) is 1.60. The molecular weight excluding hydrogens is 290 g/mol. The lowest BCUT2D eigenvalue weighted by molar-refractivity contribution is -0.150. The van der Waals surface area contributed by atoms with Crippen LogP contribution >= 0.6 is 11.3 Å². The molecule has 1 aliphatic rings. The van der Waals surface area contributed by atoms with Crippen LogP contribution in [0, 0.1) is 5.41 Å². The van der Waals surface area contributed by atoms with Gasteiger partial charge in [-0.05, 0) is 25.8 Å². The van der Waals surface area contributed by atoms with Gasteiger partial charge in [0.25, 0.3) is 5.91 Å². The van der Waals surface area contributed by atoms with Gasteiger partial charge in [0.2, 0.25) is 0 Å². The molecule has 21 heavy (non-hydrogen) atoms. The summed E-state index contributed by atoms with van der Waals surface area (Å²) < 4.78 is 0. The third-order valence-electron chi connectivity index (χ3n) is 4.08. The zero-order chi connectivity index (χ0) is 15.5. The van der Waals surface area contributed by atoms with Crippen molar-refractivity contribution in [3.63, 3.8) is 0 Å². The first-order chi connectivity index (χ1) is 9.94. The molecule has 5 nitrogen and oxygen atoms in total. The smallest absolute Gasteiger partial charge is 0.311 e. The van der Waals surface area contributed by atoms with Crippen molar-refractivity contribution in [3.8, 4) is 0 Å². The number of carbonyl (C=O) groups excluding carboxylic acids is 2. The summed E-state index contributed by atoms with van der Waals surface area (Å²) in [6, 6.07) is 1.55. The molecule has 1 aromatic heterocycles. The van der Waals surface area contributed by atoms with Crippen LogP contribution in [0.1, 0.15) is 59.1 Å².